The Labute approximate surface area is 120 Å². The van der Waals surface area contributed by atoms with Crippen LogP contribution >= 0.6 is 0 Å². The van der Waals surface area contributed by atoms with Crippen LogP contribution in [0.15, 0.2) is 0 Å². The first kappa shape index (κ1) is 17.0. The maximum absolute atomic E-state index is 12.0. The number of hydrogen-bond acceptors (Lipinski definition) is 3. The molecular formula is C15H27NO4. The van der Waals surface area contributed by atoms with E-state index in [2.05, 4.69) is 5.32 Å². The number of amides is 1. The topological polar surface area (TPSA) is 86.6 Å². The van der Waals surface area contributed by atoms with Crippen LogP contribution in [0.1, 0.15) is 64.7 Å². The molecule has 0 aliphatic heterocycles. The van der Waals surface area contributed by atoms with Gasteiger partial charge in [-0.15, -0.1) is 0 Å². The fourth-order valence-electron chi connectivity index (χ4n) is 3.11. The van der Waals surface area contributed by atoms with Crippen LogP contribution in [-0.4, -0.2) is 34.7 Å². The molecule has 1 unspecified atom stereocenters. The molecule has 0 aromatic heterocycles. The predicted molar refractivity (Wildman–Crippen MR) is 76.3 cm³/mol. The number of aliphatic carboxylic acids is 1. The highest BCUT2D eigenvalue weighted by atomic mass is 16.4. The Hall–Kier alpha value is -1.10. The standard InChI is InChI=1S/C15H27NO4/c1-2-6-12(17)11-16-13(18)9-15(10-14(19)20)7-4-3-5-8-15/h12,17H,2-11H2,1H3,(H,16,18)(H,19,20). The molecular weight excluding hydrogens is 258 g/mol. The molecule has 1 saturated carbocycles. The smallest absolute Gasteiger partial charge is 0.303 e. The van der Waals surface area contributed by atoms with Crippen LogP contribution in [0.25, 0.3) is 0 Å². The summed E-state index contributed by atoms with van der Waals surface area (Å²) in [6.07, 6.45) is 6.10. The summed E-state index contributed by atoms with van der Waals surface area (Å²) in [4.78, 5) is 23.0. The van der Waals surface area contributed by atoms with E-state index in [1.807, 2.05) is 6.92 Å². The second kappa shape index (κ2) is 8.25. The van der Waals surface area contributed by atoms with E-state index >= 15 is 0 Å². The van der Waals surface area contributed by atoms with Crippen molar-refractivity contribution in [2.75, 3.05) is 6.54 Å². The Balaban J connectivity index is 2.47. The van der Waals surface area contributed by atoms with Crippen molar-refractivity contribution in [1.82, 2.24) is 5.32 Å². The third-order valence-electron chi connectivity index (χ3n) is 4.13. The highest BCUT2D eigenvalue weighted by Crippen LogP contribution is 2.42. The molecule has 0 heterocycles. The Morgan fingerprint density at radius 2 is 1.85 bits per heavy atom. The molecule has 1 aliphatic rings. The Morgan fingerprint density at radius 3 is 2.40 bits per heavy atom. The zero-order chi connectivity index (χ0) is 15.0. The van der Waals surface area contributed by atoms with Crippen molar-refractivity contribution in [1.29, 1.82) is 0 Å². The van der Waals surface area contributed by atoms with Crippen LogP contribution in [0.5, 0.6) is 0 Å². The maximum Gasteiger partial charge on any atom is 0.303 e. The van der Waals surface area contributed by atoms with Crippen LogP contribution in [0.4, 0.5) is 0 Å². The zero-order valence-corrected chi connectivity index (χ0v) is 12.4. The molecule has 1 atom stereocenters. The van der Waals surface area contributed by atoms with Crippen molar-refractivity contribution in [2.24, 2.45) is 5.41 Å². The second-order valence-corrected chi connectivity index (χ2v) is 6.05. The van der Waals surface area contributed by atoms with E-state index < -0.39 is 12.1 Å². The van der Waals surface area contributed by atoms with Crippen molar-refractivity contribution >= 4 is 11.9 Å². The third kappa shape index (κ3) is 5.90. The summed E-state index contributed by atoms with van der Waals surface area (Å²) in [5.41, 5.74) is -0.385. The summed E-state index contributed by atoms with van der Waals surface area (Å²) in [7, 11) is 0. The van der Waals surface area contributed by atoms with Gasteiger partial charge in [-0.25, -0.2) is 0 Å². The SMILES string of the molecule is CCCC(O)CNC(=O)CC1(CC(=O)O)CCCCC1. The molecule has 1 amide bonds. The first-order valence-electron chi connectivity index (χ1n) is 7.64. The first-order valence-corrected chi connectivity index (χ1v) is 7.64. The molecule has 1 rings (SSSR count). The van der Waals surface area contributed by atoms with Crippen molar-refractivity contribution in [3.8, 4) is 0 Å². The lowest BCUT2D eigenvalue weighted by Crippen LogP contribution is -2.38. The van der Waals surface area contributed by atoms with E-state index in [4.69, 9.17) is 5.11 Å². The molecule has 5 heteroatoms. The Bertz CT molecular complexity index is 324. The normalized spacial score (nSPS) is 19.3. The minimum Gasteiger partial charge on any atom is -0.481 e. The Morgan fingerprint density at radius 1 is 1.20 bits per heavy atom. The van der Waals surface area contributed by atoms with E-state index in [1.165, 1.54) is 0 Å². The summed E-state index contributed by atoms with van der Waals surface area (Å²) in [5, 5.41) is 21.4. The van der Waals surface area contributed by atoms with Crippen LogP contribution in [0.2, 0.25) is 0 Å². The molecule has 116 valence electrons. The number of aliphatic hydroxyl groups excluding tert-OH is 1. The van der Waals surface area contributed by atoms with Gasteiger partial charge in [0.25, 0.3) is 0 Å². The fourth-order valence-corrected chi connectivity index (χ4v) is 3.11. The molecule has 0 aromatic rings. The predicted octanol–water partition coefficient (Wildman–Crippen LogP) is 2.08. The second-order valence-electron chi connectivity index (χ2n) is 6.05. The minimum absolute atomic E-state index is 0.0674. The lowest BCUT2D eigenvalue weighted by molar-refractivity contribution is -0.141. The van der Waals surface area contributed by atoms with Gasteiger partial charge in [0.2, 0.25) is 5.91 Å². The van der Waals surface area contributed by atoms with Crippen LogP contribution in [0.3, 0.4) is 0 Å². The van der Waals surface area contributed by atoms with Gasteiger partial charge >= 0.3 is 5.97 Å². The quantitative estimate of drug-likeness (QED) is 0.637. The molecule has 1 fully saturated rings. The van der Waals surface area contributed by atoms with E-state index in [0.717, 1.165) is 38.5 Å². The number of aliphatic hydroxyl groups is 1. The lowest BCUT2D eigenvalue weighted by Gasteiger charge is -2.35. The number of hydrogen-bond donors (Lipinski definition) is 3. The average Bonchev–Trinajstić information content (AvgIpc) is 2.36. The van der Waals surface area contributed by atoms with E-state index in [9.17, 15) is 14.7 Å². The number of carboxylic acids is 1. The van der Waals surface area contributed by atoms with E-state index in [1.54, 1.807) is 0 Å². The van der Waals surface area contributed by atoms with Gasteiger partial charge in [-0.2, -0.15) is 0 Å². The lowest BCUT2D eigenvalue weighted by atomic mass is 9.69. The fraction of sp³-hybridized carbons (Fsp3) is 0.867. The number of carbonyl (C=O) groups excluding carboxylic acids is 1. The average molecular weight is 285 g/mol. The molecule has 0 bridgehead atoms. The van der Waals surface area contributed by atoms with Gasteiger partial charge in [0, 0.05) is 13.0 Å². The number of rotatable bonds is 8. The maximum atomic E-state index is 12.0. The van der Waals surface area contributed by atoms with Gasteiger partial charge in [-0.05, 0) is 24.7 Å². The summed E-state index contributed by atoms with van der Waals surface area (Å²) in [6.45, 7) is 2.24. The number of nitrogens with one attached hydrogen (secondary N) is 1. The van der Waals surface area contributed by atoms with Crippen LogP contribution in [-0.2, 0) is 9.59 Å². The zero-order valence-electron chi connectivity index (χ0n) is 12.4. The summed E-state index contributed by atoms with van der Waals surface area (Å²) in [5.74, 6) is -0.964. The monoisotopic (exact) mass is 285 g/mol. The van der Waals surface area contributed by atoms with Crippen molar-refractivity contribution in [2.45, 2.75) is 70.8 Å². The summed E-state index contributed by atoms with van der Waals surface area (Å²) in [6, 6.07) is 0. The van der Waals surface area contributed by atoms with Gasteiger partial charge in [-0.1, -0.05) is 32.6 Å². The summed E-state index contributed by atoms with van der Waals surface area (Å²) >= 11 is 0. The van der Waals surface area contributed by atoms with Crippen molar-refractivity contribution < 1.29 is 19.8 Å². The highest BCUT2D eigenvalue weighted by molar-refractivity contribution is 5.78. The molecule has 1 aliphatic carbocycles. The molecule has 0 spiro atoms. The van der Waals surface area contributed by atoms with Gasteiger partial charge in [0.1, 0.15) is 0 Å². The Kier molecular flexibility index (Phi) is 6.99. The van der Waals surface area contributed by atoms with Gasteiger partial charge in [0.15, 0.2) is 0 Å². The molecule has 0 aromatic carbocycles. The molecule has 0 radical (unpaired) electrons. The number of carboxylic acid groups (broad SMARTS) is 1. The third-order valence-corrected chi connectivity index (χ3v) is 4.13. The molecule has 0 saturated heterocycles. The van der Waals surface area contributed by atoms with E-state index in [-0.39, 0.29) is 30.7 Å². The molecule has 5 nitrogen and oxygen atoms in total. The first-order chi connectivity index (χ1) is 9.47. The molecule has 3 N–H and O–H groups in total. The van der Waals surface area contributed by atoms with Gasteiger partial charge < -0.3 is 15.5 Å². The van der Waals surface area contributed by atoms with Gasteiger partial charge in [-0.3, -0.25) is 9.59 Å². The van der Waals surface area contributed by atoms with Crippen LogP contribution in [0, 0.1) is 5.41 Å². The minimum atomic E-state index is -0.828. The highest BCUT2D eigenvalue weighted by Gasteiger charge is 2.36. The van der Waals surface area contributed by atoms with Crippen LogP contribution < -0.4 is 5.32 Å². The van der Waals surface area contributed by atoms with E-state index in [0.29, 0.717) is 6.42 Å². The largest absolute Gasteiger partial charge is 0.481 e. The van der Waals surface area contributed by atoms with Gasteiger partial charge in [0.05, 0.1) is 12.5 Å². The molecule has 20 heavy (non-hydrogen) atoms. The van der Waals surface area contributed by atoms with Crippen molar-refractivity contribution in [3.63, 3.8) is 0 Å². The van der Waals surface area contributed by atoms with Crippen molar-refractivity contribution in [3.05, 3.63) is 0 Å². The number of carbonyl (C=O) groups is 2. The summed E-state index contributed by atoms with van der Waals surface area (Å²) < 4.78 is 0.